The van der Waals surface area contributed by atoms with Gasteiger partial charge in [0.2, 0.25) is 5.91 Å². The Morgan fingerprint density at radius 2 is 2.05 bits per heavy atom. The standard InChI is InChI=1S/C15H15N3O/c1-16-14(19)9-7-10-6-8-12-11-4-2-3-5-13(11)18-15(12)17-10/h2-6,8H,7,9H2,1H3,(H,16,19)(H,17,18). The summed E-state index contributed by atoms with van der Waals surface area (Å²) in [6.45, 7) is 0. The fourth-order valence-corrected chi connectivity index (χ4v) is 2.27. The molecule has 2 heterocycles. The van der Waals surface area contributed by atoms with Crippen LogP contribution in [-0.4, -0.2) is 22.9 Å². The third-order valence-corrected chi connectivity index (χ3v) is 3.31. The van der Waals surface area contributed by atoms with E-state index >= 15 is 0 Å². The van der Waals surface area contributed by atoms with Gasteiger partial charge in [0.15, 0.2) is 0 Å². The lowest BCUT2D eigenvalue weighted by Gasteiger charge is -2.00. The van der Waals surface area contributed by atoms with Crippen molar-refractivity contribution in [3.8, 4) is 0 Å². The van der Waals surface area contributed by atoms with E-state index in [1.807, 2.05) is 24.3 Å². The zero-order valence-corrected chi connectivity index (χ0v) is 10.7. The number of aromatic amines is 1. The topological polar surface area (TPSA) is 57.8 Å². The van der Waals surface area contributed by atoms with Gasteiger partial charge in [-0.15, -0.1) is 0 Å². The van der Waals surface area contributed by atoms with Gasteiger partial charge in [-0.25, -0.2) is 4.98 Å². The van der Waals surface area contributed by atoms with Crippen LogP contribution in [-0.2, 0) is 11.2 Å². The van der Waals surface area contributed by atoms with Crippen LogP contribution in [0.3, 0.4) is 0 Å². The molecule has 2 aromatic heterocycles. The van der Waals surface area contributed by atoms with Crippen molar-refractivity contribution in [2.24, 2.45) is 0 Å². The molecular formula is C15H15N3O. The number of fused-ring (bicyclic) bond motifs is 3. The van der Waals surface area contributed by atoms with E-state index < -0.39 is 0 Å². The molecule has 4 nitrogen and oxygen atoms in total. The maximum Gasteiger partial charge on any atom is 0.220 e. The van der Waals surface area contributed by atoms with Crippen molar-refractivity contribution < 1.29 is 4.79 Å². The molecule has 0 aliphatic rings. The zero-order chi connectivity index (χ0) is 13.2. The third-order valence-electron chi connectivity index (χ3n) is 3.31. The normalized spacial score (nSPS) is 11.0. The van der Waals surface area contributed by atoms with E-state index in [1.165, 1.54) is 5.39 Å². The Kier molecular flexibility index (Phi) is 2.91. The number of aryl methyl sites for hydroxylation is 1. The molecule has 2 N–H and O–H groups in total. The fraction of sp³-hybridized carbons (Fsp3) is 0.200. The molecule has 0 aliphatic heterocycles. The van der Waals surface area contributed by atoms with Gasteiger partial charge in [0.25, 0.3) is 0 Å². The summed E-state index contributed by atoms with van der Waals surface area (Å²) in [4.78, 5) is 19.1. The second kappa shape index (κ2) is 4.72. The quantitative estimate of drug-likeness (QED) is 0.753. The Hall–Kier alpha value is -2.36. The first kappa shape index (κ1) is 11.7. The molecule has 19 heavy (non-hydrogen) atoms. The molecule has 1 aromatic carbocycles. The van der Waals surface area contributed by atoms with E-state index in [1.54, 1.807) is 7.05 Å². The van der Waals surface area contributed by atoms with Crippen molar-refractivity contribution >= 4 is 27.8 Å². The number of benzene rings is 1. The van der Waals surface area contributed by atoms with Crippen molar-refractivity contribution in [2.45, 2.75) is 12.8 Å². The number of carbonyl (C=O) groups is 1. The Bertz CT molecular complexity index is 745. The molecule has 0 aliphatic carbocycles. The summed E-state index contributed by atoms with van der Waals surface area (Å²) in [7, 11) is 1.65. The van der Waals surface area contributed by atoms with Crippen molar-refractivity contribution in [3.05, 3.63) is 42.1 Å². The number of nitrogens with zero attached hydrogens (tertiary/aromatic N) is 1. The number of carbonyl (C=O) groups excluding carboxylic acids is 1. The van der Waals surface area contributed by atoms with Crippen LogP contribution >= 0.6 is 0 Å². The molecule has 3 rings (SSSR count). The molecule has 0 bridgehead atoms. The first-order chi connectivity index (χ1) is 9.28. The van der Waals surface area contributed by atoms with Gasteiger partial charge in [0.1, 0.15) is 5.65 Å². The molecule has 0 atom stereocenters. The molecule has 0 spiro atoms. The molecule has 1 amide bonds. The average molecular weight is 253 g/mol. The number of hydrogen-bond donors (Lipinski definition) is 2. The van der Waals surface area contributed by atoms with Crippen LogP contribution in [0, 0.1) is 0 Å². The second-order valence-corrected chi connectivity index (χ2v) is 4.54. The first-order valence-corrected chi connectivity index (χ1v) is 6.35. The maximum atomic E-state index is 11.2. The van der Waals surface area contributed by atoms with Crippen LogP contribution in [0.5, 0.6) is 0 Å². The molecule has 0 unspecified atom stereocenters. The van der Waals surface area contributed by atoms with E-state index in [4.69, 9.17) is 0 Å². The number of nitrogens with one attached hydrogen (secondary N) is 2. The first-order valence-electron chi connectivity index (χ1n) is 6.35. The minimum Gasteiger partial charge on any atom is -0.359 e. The number of H-pyrrole nitrogens is 1. The van der Waals surface area contributed by atoms with Crippen molar-refractivity contribution in [2.75, 3.05) is 7.05 Å². The highest BCUT2D eigenvalue weighted by Crippen LogP contribution is 2.24. The van der Waals surface area contributed by atoms with Gasteiger partial charge in [-0.2, -0.15) is 0 Å². The van der Waals surface area contributed by atoms with Gasteiger partial charge < -0.3 is 10.3 Å². The predicted molar refractivity (Wildman–Crippen MR) is 76.0 cm³/mol. The van der Waals surface area contributed by atoms with Crippen LogP contribution in [0.1, 0.15) is 12.1 Å². The lowest BCUT2D eigenvalue weighted by atomic mass is 10.1. The number of para-hydroxylation sites is 1. The van der Waals surface area contributed by atoms with Gasteiger partial charge in [-0.1, -0.05) is 18.2 Å². The van der Waals surface area contributed by atoms with Gasteiger partial charge in [-0.05, 0) is 24.6 Å². The van der Waals surface area contributed by atoms with Crippen LogP contribution in [0.15, 0.2) is 36.4 Å². The molecular weight excluding hydrogens is 238 g/mol. The lowest BCUT2D eigenvalue weighted by molar-refractivity contribution is -0.120. The number of amides is 1. The van der Waals surface area contributed by atoms with E-state index in [0.29, 0.717) is 12.8 Å². The number of rotatable bonds is 3. The summed E-state index contributed by atoms with van der Waals surface area (Å²) >= 11 is 0. The summed E-state index contributed by atoms with van der Waals surface area (Å²) in [6, 6.07) is 12.2. The molecule has 96 valence electrons. The Balaban J connectivity index is 1.97. The summed E-state index contributed by atoms with van der Waals surface area (Å²) in [6.07, 6.45) is 1.13. The van der Waals surface area contributed by atoms with Crippen molar-refractivity contribution in [3.63, 3.8) is 0 Å². The summed E-state index contributed by atoms with van der Waals surface area (Å²) in [5, 5.41) is 4.93. The minimum atomic E-state index is 0.0403. The Morgan fingerprint density at radius 3 is 2.89 bits per heavy atom. The SMILES string of the molecule is CNC(=O)CCc1ccc2c(n1)[nH]c1ccccc12. The molecule has 0 radical (unpaired) electrons. The fourth-order valence-electron chi connectivity index (χ4n) is 2.27. The van der Waals surface area contributed by atoms with Gasteiger partial charge in [0.05, 0.1) is 0 Å². The van der Waals surface area contributed by atoms with E-state index in [0.717, 1.165) is 22.2 Å². The van der Waals surface area contributed by atoms with Crippen LogP contribution in [0.2, 0.25) is 0 Å². The third kappa shape index (κ3) is 2.17. The second-order valence-electron chi connectivity index (χ2n) is 4.54. The van der Waals surface area contributed by atoms with Crippen LogP contribution in [0.4, 0.5) is 0 Å². The van der Waals surface area contributed by atoms with Gasteiger partial charge in [0, 0.05) is 35.5 Å². The highest BCUT2D eigenvalue weighted by atomic mass is 16.1. The molecule has 0 fully saturated rings. The molecule has 0 saturated heterocycles. The minimum absolute atomic E-state index is 0.0403. The van der Waals surface area contributed by atoms with E-state index in [-0.39, 0.29) is 5.91 Å². The van der Waals surface area contributed by atoms with Gasteiger partial charge in [-0.3, -0.25) is 4.79 Å². The van der Waals surface area contributed by atoms with Gasteiger partial charge >= 0.3 is 0 Å². The van der Waals surface area contributed by atoms with E-state index in [2.05, 4.69) is 27.4 Å². The Morgan fingerprint density at radius 1 is 1.21 bits per heavy atom. The van der Waals surface area contributed by atoms with Crippen LogP contribution in [0.25, 0.3) is 21.9 Å². The number of hydrogen-bond acceptors (Lipinski definition) is 2. The highest BCUT2D eigenvalue weighted by molar-refractivity contribution is 6.05. The molecule has 3 aromatic rings. The zero-order valence-electron chi connectivity index (χ0n) is 10.7. The average Bonchev–Trinajstić information content (AvgIpc) is 2.82. The number of pyridine rings is 1. The van der Waals surface area contributed by atoms with Crippen molar-refractivity contribution in [1.29, 1.82) is 0 Å². The van der Waals surface area contributed by atoms with Crippen LogP contribution < -0.4 is 5.32 Å². The Labute approximate surface area is 110 Å². The van der Waals surface area contributed by atoms with Crippen molar-refractivity contribution in [1.82, 2.24) is 15.3 Å². The summed E-state index contributed by atoms with van der Waals surface area (Å²) < 4.78 is 0. The smallest absolute Gasteiger partial charge is 0.220 e. The summed E-state index contributed by atoms with van der Waals surface area (Å²) in [5.74, 6) is 0.0403. The lowest BCUT2D eigenvalue weighted by Crippen LogP contribution is -2.18. The highest BCUT2D eigenvalue weighted by Gasteiger charge is 2.06. The monoisotopic (exact) mass is 253 g/mol. The largest absolute Gasteiger partial charge is 0.359 e. The molecule has 0 saturated carbocycles. The number of aromatic nitrogens is 2. The predicted octanol–water partition coefficient (Wildman–Crippen LogP) is 2.39. The summed E-state index contributed by atoms with van der Waals surface area (Å²) in [5.41, 5.74) is 2.91. The maximum absolute atomic E-state index is 11.2. The van der Waals surface area contributed by atoms with E-state index in [9.17, 15) is 4.79 Å². The molecule has 4 heteroatoms.